The average molecular weight is 305 g/mol. The van der Waals surface area contributed by atoms with Crippen LogP contribution in [0, 0.1) is 5.92 Å². The number of carbonyl (C=O) groups is 2. The Morgan fingerprint density at radius 1 is 1.50 bits per heavy atom. The zero-order chi connectivity index (χ0) is 15.7. The number of ether oxygens (including phenoxy) is 1. The van der Waals surface area contributed by atoms with Gasteiger partial charge in [0, 0.05) is 25.3 Å². The van der Waals surface area contributed by atoms with Crippen LogP contribution in [0.2, 0.25) is 0 Å². The molecule has 0 bridgehead atoms. The molecule has 1 amide bonds. The zero-order valence-corrected chi connectivity index (χ0v) is 13.2. The topological polar surface area (TPSA) is 75.3 Å². The number of nitrogens with zero attached hydrogens (tertiary/aromatic N) is 2. The summed E-state index contributed by atoms with van der Waals surface area (Å²) in [5.74, 6) is 0.356. The molecule has 1 N–H and O–H groups in total. The van der Waals surface area contributed by atoms with Gasteiger partial charge in [-0.2, -0.15) is 5.10 Å². The van der Waals surface area contributed by atoms with Crippen LogP contribution in [0.3, 0.4) is 0 Å². The van der Waals surface area contributed by atoms with E-state index in [1.165, 1.54) is 0 Å². The Balaban J connectivity index is 1.66. The number of ketones is 1. The van der Waals surface area contributed by atoms with Crippen molar-refractivity contribution >= 4 is 11.7 Å². The third-order valence-corrected chi connectivity index (χ3v) is 4.50. The molecular formula is C16H23N3O3. The first-order valence-corrected chi connectivity index (χ1v) is 8.01. The van der Waals surface area contributed by atoms with E-state index in [4.69, 9.17) is 4.74 Å². The number of amides is 1. The molecule has 0 aromatic carbocycles. The number of hydrogen-bond donors (Lipinski definition) is 1. The standard InChI is InChI=1S/C16H23N3O3/c1-11(2)8-12-9-13(18-17-12)15(21)19-6-5-16(14(20)10-19)4-3-7-22-16/h9,11H,3-8,10H2,1-2H3,(H,17,18)/t16-/m0/s1. The highest BCUT2D eigenvalue weighted by atomic mass is 16.5. The fourth-order valence-electron chi connectivity index (χ4n) is 3.32. The molecule has 2 aliphatic heterocycles. The minimum Gasteiger partial charge on any atom is -0.367 e. The Hall–Kier alpha value is -1.69. The third kappa shape index (κ3) is 2.79. The van der Waals surface area contributed by atoms with Crippen molar-refractivity contribution in [2.75, 3.05) is 19.7 Å². The molecule has 3 heterocycles. The van der Waals surface area contributed by atoms with Crippen LogP contribution < -0.4 is 0 Å². The second kappa shape index (κ2) is 5.83. The van der Waals surface area contributed by atoms with Gasteiger partial charge in [0.2, 0.25) is 0 Å². The number of Topliss-reactive ketones (excluding diaryl/α,β-unsaturated/α-hetero) is 1. The van der Waals surface area contributed by atoms with E-state index < -0.39 is 5.60 Å². The van der Waals surface area contributed by atoms with Crippen molar-refractivity contribution in [2.24, 2.45) is 5.92 Å². The van der Waals surface area contributed by atoms with E-state index in [1.54, 1.807) is 11.0 Å². The maximum Gasteiger partial charge on any atom is 0.274 e. The molecule has 1 aromatic rings. The van der Waals surface area contributed by atoms with Crippen LogP contribution in [0.25, 0.3) is 0 Å². The van der Waals surface area contributed by atoms with Crippen molar-refractivity contribution in [3.05, 3.63) is 17.5 Å². The predicted octanol–water partition coefficient (Wildman–Crippen LogP) is 1.57. The van der Waals surface area contributed by atoms with Crippen LogP contribution in [0.1, 0.15) is 49.3 Å². The van der Waals surface area contributed by atoms with E-state index in [1.807, 2.05) is 0 Å². The Kier molecular flexibility index (Phi) is 4.04. The van der Waals surface area contributed by atoms with Crippen molar-refractivity contribution in [3.63, 3.8) is 0 Å². The van der Waals surface area contributed by atoms with Crippen molar-refractivity contribution < 1.29 is 14.3 Å². The summed E-state index contributed by atoms with van der Waals surface area (Å²) < 4.78 is 5.67. The summed E-state index contributed by atoms with van der Waals surface area (Å²) in [5, 5.41) is 7.01. The normalized spacial score (nSPS) is 25.4. The summed E-state index contributed by atoms with van der Waals surface area (Å²) in [6.07, 6.45) is 3.17. The van der Waals surface area contributed by atoms with Crippen LogP contribution in [-0.4, -0.2) is 52.1 Å². The predicted molar refractivity (Wildman–Crippen MR) is 80.6 cm³/mol. The number of hydrogen-bond acceptors (Lipinski definition) is 4. The molecule has 1 aromatic heterocycles. The van der Waals surface area contributed by atoms with Gasteiger partial charge in [-0.25, -0.2) is 0 Å². The largest absolute Gasteiger partial charge is 0.367 e. The third-order valence-electron chi connectivity index (χ3n) is 4.50. The fourth-order valence-corrected chi connectivity index (χ4v) is 3.32. The number of H-pyrrole nitrogens is 1. The molecule has 0 aliphatic carbocycles. The second-order valence-electron chi connectivity index (χ2n) is 6.72. The lowest BCUT2D eigenvalue weighted by Gasteiger charge is -2.36. The van der Waals surface area contributed by atoms with Crippen LogP contribution in [0.15, 0.2) is 6.07 Å². The molecule has 0 radical (unpaired) electrons. The maximum absolute atomic E-state index is 12.5. The number of likely N-dealkylation sites (tertiary alicyclic amines) is 1. The summed E-state index contributed by atoms with van der Waals surface area (Å²) in [7, 11) is 0. The quantitative estimate of drug-likeness (QED) is 0.920. The highest BCUT2D eigenvalue weighted by Gasteiger charge is 2.46. The Morgan fingerprint density at radius 2 is 2.32 bits per heavy atom. The number of aromatic nitrogens is 2. The van der Waals surface area contributed by atoms with Gasteiger partial charge >= 0.3 is 0 Å². The van der Waals surface area contributed by atoms with E-state index in [-0.39, 0.29) is 18.2 Å². The van der Waals surface area contributed by atoms with Gasteiger partial charge in [0.05, 0.1) is 6.54 Å². The molecule has 0 saturated carbocycles. The monoisotopic (exact) mass is 305 g/mol. The molecule has 22 heavy (non-hydrogen) atoms. The van der Waals surface area contributed by atoms with Crippen LogP contribution in [-0.2, 0) is 16.0 Å². The van der Waals surface area contributed by atoms with Gasteiger partial charge in [0.25, 0.3) is 5.91 Å². The first-order chi connectivity index (χ1) is 10.5. The lowest BCUT2D eigenvalue weighted by atomic mass is 9.87. The Bertz CT molecular complexity index is 573. The van der Waals surface area contributed by atoms with Crippen LogP contribution in [0.5, 0.6) is 0 Å². The first kappa shape index (κ1) is 15.2. The van der Waals surface area contributed by atoms with Gasteiger partial charge < -0.3 is 9.64 Å². The molecule has 1 atom stereocenters. The molecule has 2 saturated heterocycles. The molecule has 6 nitrogen and oxygen atoms in total. The minimum absolute atomic E-state index is 0.0301. The van der Waals surface area contributed by atoms with E-state index in [0.717, 1.165) is 25.0 Å². The fraction of sp³-hybridized carbons (Fsp3) is 0.688. The lowest BCUT2D eigenvalue weighted by molar-refractivity contribution is -0.144. The molecule has 0 unspecified atom stereocenters. The van der Waals surface area contributed by atoms with Crippen molar-refractivity contribution in [2.45, 2.75) is 45.1 Å². The Labute approximate surface area is 130 Å². The molecule has 2 fully saturated rings. The van der Waals surface area contributed by atoms with E-state index in [0.29, 0.717) is 31.2 Å². The number of nitrogens with one attached hydrogen (secondary N) is 1. The first-order valence-electron chi connectivity index (χ1n) is 8.01. The van der Waals surface area contributed by atoms with Gasteiger partial charge in [0.15, 0.2) is 5.78 Å². The van der Waals surface area contributed by atoms with Crippen LogP contribution in [0.4, 0.5) is 0 Å². The SMILES string of the molecule is CC(C)Cc1cc(C(=O)N2CC[C@@]3(CCCO3)C(=O)C2)n[nH]1. The summed E-state index contributed by atoms with van der Waals surface area (Å²) in [5.41, 5.74) is 0.731. The number of rotatable bonds is 3. The van der Waals surface area contributed by atoms with Gasteiger partial charge in [-0.3, -0.25) is 14.7 Å². The summed E-state index contributed by atoms with van der Waals surface area (Å²) in [6, 6.07) is 1.79. The van der Waals surface area contributed by atoms with E-state index in [9.17, 15) is 9.59 Å². The summed E-state index contributed by atoms with van der Waals surface area (Å²) in [4.78, 5) is 26.5. The number of aromatic amines is 1. The van der Waals surface area contributed by atoms with E-state index in [2.05, 4.69) is 24.0 Å². The molecule has 2 aliphatic rings. The van der Waals surface area contributed by atoms with Crippen LogP contribution >= 0.6 is 0 Å². The highest BCUT2D eigenvalue weighted by Crippen LogP contribution is 2.33. The molecule has 120 valence electrons. The average Bonchev–Trinajstić information content (AvgIpc) is 3.11. The van der Waals surface area contributed by atoms with E-state index >= 15 is 0 Å². The van der Waals surface area contributed by atoms with Gasteiger partial charge in [-0.15, -0.1) is 0 Å². The number of piperidine rings is 1. The van der Waals surface area contributed by atoms with Crippen molar-refractivity contribution in [1.29, 1.82) is 0 Å². The molecule has 1 spiro atoms. The van der Waals surface area contributed by atoms with Gasteiger partial charge in [-0.1, -0.05) is 13.8 Å². The number of carbonyl (C=O) groups excluding carboxylic acids is 2. The maximum atomic E-state index is 12.5. The molecule has 6 heteroatoms. The second-order valence-corrected chi connectivity index (χ2v) is 6.72. The summed E-state index contributed by atoms with van der Waals surface area (Å²) in [6.45, 7) is 5.57. The minimum atomic E-state index is -0.620. The molecular weight excluding hydrogens is 282 g/mol. The smallest absolute Gasteiger partial charge is 0.274 e. The zero-order valence-electron chi connectivity index (χ0n) is 13.2. The highest BCUT2D eigenvalue weighted by molar-refractivity contribution is 5.98. The lowest BCUT2D eigenvalue weighted by Crippen LogP contribution is -2.53. The van der Waals surface area contributed by atoms with Gasteiger partial charge in [0.1, 0.15) is 11.3 Å². The van der Waals surface area contributed by atoms with Gasteiger partial charge in [-0.05, 0) is 31.2 Å². The van der Waals surface area contributed by atoms with Crippen molar-refractivity contribution in [3.8, 4) is 0 Å². The molecule has 3 rings (SSSR count). The summed E-state index contributed by atoms with van der Waals surface area (Å²) >= 11 is 0. The van der Waals surface area contributed by atoms with Crippen molar-refractivity contribution in [1.82, 2.24) is 15.1 Å². The Morgan fingerprint density at radius 3 is 2.95 bits per heavy atom.